The number of aryl methyl sites for hydroxylation is 1. The number of rotatable bonds is 6. The van der Waals surface area contributed by atoms with Crippen molar-refractivity contribution in [2.45, 2.75) is 25.2 Å². The van der Waals surface area contributed by atoms with Crippen LogP contribution in [0.2, 0.25) is 0 Å². The summed E-state index contributed by atoms with van der Waals surface area (Å²) >= 11 is 0. The monoisotopic (exact) mass is 366 g/mol. The van der Waals surface area contributed by atoms with Gasteiger partial charge < -0.3 is 14.8 Å². The first-order valence-electron chi connectivity index (χ1n) is 9.22. The number of carbonyl (C=O) groups excluding carboxylic acids is 1. The molecule has 2 heterocycles. The van der Waals surface area contributed by atoms with E-state index in [1.54, 1.807) is 31.7 Å². The lowest BCUT2D eigenvalue weighted by Crippen LogP contribution is -2.44. The second-order valence-corrected chi connectivity index (χ2v) is 6.93. The molecule has 0 atom stereocenters. The molecule has 1 saturated heterocycles. The van der Waals surface area contributed by atoms with Gasteiger partial charge in [-0.15, -0.1) is 0 Å². The van der Waals surface area contributed by atoms with Gasteiger partial charge in [-0.25, -0.2) is 0 Å². The Labute approximate surface area is 160 Å². The zero-order valence-electron chi connectivity index (χ0n) is 15.9. The molecule has 1 N–H and O–H groups in total. The van der Waals surface area contributed by atoms with Gasteiger partial charge in [-0.3, -0.25) is 9.78 Å². The maximum Gasteiger partial charge on any atom is 0.244 e. The number of methoxy groups -OCH3 is 1. The smallest absolute Gasteiger partial charge is 0.244 e. The molecule has 0 radical (unpaired) electrons. The summed E-state index contributed by atoms with van der Waals surface area (Å²) in [6.45, 7) is 3.99. The van der Waals surface area contributed by atoms with Crippen molar-refractivity contribution in [1.29, 1.82) is 0 Å². The van der Waals surface area contributed by atoms with Crippen molar-refractivity contribution in [2.75, 3.05) is 26.9 Å². The van der Waals surface area contributed by atoms with Crippen LogP contribution in [0.3, 0.4) is 0 Å². The molecule has 1 fully saturated rings. The predicted octanol–water partition coefficient (Wildman–Crippen LogP) is 3.28. The first-order chi connectivity index (χ1) is 13.1. The van der Waals surface area contributed by atoms with Gasteiger partial charge in [0.05, 0.1) is 7.11 Å². The summed E-state index contributed by atoms with van der Waals surface area (Å²) in [5, 5.41) is 3.08. The predicted molar refractivity (Wildman–Crippen MR) is 106 cm³/mol. The number of amides is 1. The second kappa shape index (κ2) is 8.82. The Balaban J connectivity index is 1.77. The van der Waals surface area contributed by atoms with Crippen molar-refractivity contribution in [3.63, 3.8) is 0 Å². The number of nitrogens with one attached hydrogen (secondary N) is 1. The van der Waals surface area contributed by atoms with E-state index >= 15 is 0 Å². The van der Waals surface area contributed by atoms with E-state index in [0.29, 0.717) is 19.8 Å². The summed E-state index contributed by atoms with van der Waals surface area (Å²) < 4.78 is 11.2. The van der Waals surface area contributed by atoms with Crippen LogP contribution in [0.4, 0.5) is 0 Å². The molecule has 2 aromatic rings. The number of carbonyl (C=O) groups is 1. The Morgan fingerprint density at radius 1 is 1.26 bits per heavy atom. The number of nitrogens with zero attached hydrogens (tertiary/aromatic N) is 1. The number of aromatic nitrogens is 1. The van der Waals surface area contributed by atoms with Gasteiger partial charge in [0.1, 0.15) is 5.75 Å². The lowest BCUT2D eigenvalue weighted by Gasteiger charge is -2.38. The minimum absolute atomic E-state index is 0.107. The van der Waals surface area contributed by atoms with Gasteiger partial charge in [0.25, 0.3) is 0 Å². The maximum absolute atomic E-state index is 12.4. The molecule has 1 aliphatic rings. The first kappa shape index (κ1) is 19.1. The minimum Gasteiger partial charge on any atom is -0.496 e. The molecule has 5 heteroatoms. The molecule has 0 saturated carbocycles. The highest BCUT2D eigenvalue weighted by Crippen LogP contribution is 2.40. The van der Waals surface area contributed by atoms with Crippen molar-refractivity contribution < 1.29 is 14.3 Å². The zero-order chi connectivity index (χ0) is 19.1. The van der Waals surface area contributed by atoms with Crippen LogP contribution in [0.25, 0.3) is 6.08 Å². The quantitative estimate of drug-likeness (QED) is 0.797. The van der Waals surface area contributed by atoms with Crippen LogP contribution < -0.4 is 10.1 Å². The fourth-order valence-electron chi connectivity index (χ4n) is 3.50. The van der Waals surface area contributed by atoms with E-state index in [1.807, 2.05) is 24.3 Å². The third-order valence-electron chi connectivity index (χ3n) is 5.11. The first-order valence-corrected chi connectivity index (χ1v) is 9.22. The van der Waals surface area contributed by atoms with Gasteiger partial charge in [0, 0.05) is 49.2 Å². The van der Waals surface area contributed by atoms with Crippen molar-refractivity contribution in [1.82, 2.24) is 10.3 Å². The molecular formula is C22H26N2O3. The SMILES string of the molecule is COc1ccc(C)cc1C1(CNC(=O)C=Cc2ccncc2)CCOCC1. The number of ether oxygens (including phenoxy) is 2. The highest BCUT2D eigenvalue weighted by atomic mass is 16.5. The summed E-state index contributed by atoms with van der Waals surface area (Å²) in [5.74, 6) is 0.758. The molecule has 142 valence electrons. The maximum atomic E-state index is 12.4. The third-order valence-corrected chi connectivity index (χ3v) is 5.11. The number of hydrogen-bond donors (Lipinski definition) is 1. The molecule has 1 aliphatic heterocycles. The number of hydrogen-bond acceptors (Lipinski definition) is 4. The van der Waals surface area contributed by atoms with E-state index in [0.717, 1.165) is 29.7 Å². The van der Waals surface area contributed by atoms with E-state index < -0.39 is 0 Å². The fourth-order valence-corrected chi connectivity index (χ4v) is 3.50. The summed E-state index contributed by atoms with van der Waals surface area (Å²) in [7, 11) is 1.69. The van der Waals surface area contributed by atoms with E-state index in [2.05, 4.69) is 23.3 Å². The van der Waals surface area contributed by atoms with Crippen molar-refractivity contribution in [3.05, 3.63) is 65.5 Å². The Kier molecular flexibility index (Phi) is 6.24. The number of pyridine rings is 1. The van der Waals surface area contributed by atoms with Crippen LogP contribution in [0, 0.1) is 6.92 Å². The fraction of sp³-hybridized carbons (Fsp3) is 0.364. The average molecular weight is 366 g/mol. The molecule has 5 nitrogen and oxygen atoms in total. The van der Waals surface area contributed by atoms with E-state index in [9.17, 15) is 4.79 Å². The van der Waals surface area contributed by atoms with Gasteiger partial charge in [-0.05, 0) is 49.6 Å². The largest absolute Gasteiger partial charge is 0.496 e. The zero-order valence-corrected chi connectivity index (χ0v) is 15.9. The van der Waals surface area contributed by atoms with E-state index in [-0.39, 0.29) is 11.3 Å². The Morgan fingerprint density at radius 3 is 2.70 bits per heavy atom. The Hall–Kier alpha value is -2.66. The topological polar surface area (TPSA) is 60.5 Å². The molecule has 1 aromatic carbocycles. The van der Waals surface area contributed by atoms with Crippen LogP contribution in [-0.4, -0.2) is 37.8 Å². The second-order valence-electron chi connectivity index (χ2n) is 6.93. The van der Waals surface area contributed by atoms with Crippen LogP contribution in [0.15, 0.2) is 48.8 Å². The van der Waals surface area contributed by atoms with Crippen LogP contribution in [-0.2, 0) is 14.9 Å². The van der Waals surface area contributed by atoms with Crippen LogP contribution in [0.1, 0.15) is 29.5 Å². The molecule has 27 heavy (non-hydrogen) atoms. The summed E-state index contributed by atoms with van der Waals surface area (Å²) in [5.41, 5.74) is 3.09. The standard InChI is InChI=1S/C22H26N2O3/c1-17-3-5-20(26-2)19(15-17)22(9-13-27-14-10-22)16-24-21(25)6-4-18-7-11-23-12-8-18/h3-8,11-12,15H,9-10,13-14,16H2,1-2H3,(H,24,25). The molecule has 0 bridgehead atoms. The Bertz CT molecular complexity index is 796. The van der Waals surface area contributed by atoms with E-state index in [1.165, 1.54) is 5.56 Å². The molecular weight excluding hydrogens is 340 g/mol. The third kappa shape index (κ3) is 4.74. The van der Waals surface area contributed by atoms with Gasteiger partial charge in [0.2, 0.25) is 5.91 Å². The van der Waals surface area contributed by atoms with Crippen molar-refractivity contribution in [3.8, 4) is 5.75 Å². The highest BCUT2D eigenvalue weighted by molar-refractivity contribution is 5.91. The highest BCUT2D eigenvalue weighted by Gasteiger charge is 2.37. The molecule has 3 rings (SSSR count). The molecule has 1 aromatic heterocycles. The molecule has 0 aliphatic carbocycles. The van der Waals surface area contributed by atoms with Crippen LogP contribution in [0.5, 0.6) is 5.75 Å². The summed E-state index contributed by atoms with van der Waals surface area (Å²) in [4.78, 5) is 16.4. The Morgan fingerprint density at radius 2 is 2.00 bits per heavy atom. The van der Waals surface area contributed by atoms with Gasteiger partial charge in [-0.1, -0.05) is 17.7 Å². The normalized spacial score (nSPS) is 16.2. The number of benzene rings is 1. The van der Waals surface area contributed by atoms with Crippen LogP contribution >= 0.6 is 0 Å². The van der Waals surface area contributed by atoms with Gasteiger partial charge in [-0.2, -0.15) is 0 Å². The van der Waals surface area contributed by atoms with Gasteiger partial charge in [0.15, 0.2) is 0 Å². The summed E-state index contributed by atoms with van der Waals surface area (Å²) in [6.07, 6.45) is 8.47. The minimum atomic E-state index is -0.185. The lowest BCUT2D eigenvalue weighted by molar-refractivity contribution is -0.116. The molecule has 0 spiro atoms. The molecule has 1 amide bonds. The van der Waals surface area contributed by atoms with Crippen molar-refractivity contribution in [2.24, 2.45) is 0 Å². The summed E-state index contributed by atoms with van der Waals surface area (Å²) in [6, 6.07) is 9.95. The molecule has 0 unspecified atom stereocenters. The average Bonchev–Trinajstić information content (AvgIpc) is 2.72. The van der Waals surface area contributed by atoms with Gasteiger partial charge >= 0.3 is 0 Å². The van der Waals surface area contributed by atoms with E-state index in [4.69, 9.17) is 9.47 Å². The van der Waals surface area contributed by atoms with Crippen molar-refractivity contribution >= 4 is 12.0 Å². The lowest BCUT2D eigenvalue weighted by atomic mass is 9.73.